The predicted octanol–water partition coefficient (Wildman–Crippen LogP) is 4.04. The van der Waals surface area contributed by atoms with Crippen LogP contribution >= 0.6 is 26.6 Å². The Morgan fingerprint density at radius 1 is 1.20 bits per heavy atom. The maximum atomic E-state index is 11.2. The monoisotopic (exact) mass is 371 g/mol. The summed E-state index contributed by atoms with van der Waals surface area (Å²) in [5.74, 6) is 0.899. The predicted molar refractivity (Wildman–Crippen MR) is 78.4 cm³/mol. The van der Waals surface area contributed by atoms with Crippen LogP contribution in [0.4, 0.5) is 0 Å². The maximum absolute atomic E-state index is 11.2. The van der Waals surface area contributed by atoms with E-state index < -0.39 is 9.05 Å². The third kappa shape index (κ3) is 3.51. The second kappa shape index (κ2) is 5.83. The van der Waals surface area contributed by atoms with E-state index in [-0.39, 0.29) is 4.90 Å². The maximum Gasteiger partial charge on any atom is 0.261 e. The highest BCUT2D eigenvalue weighted by Gasteiger charge is 2.13. The van der Waals surface area contributed by atoms with Crippen LogP contribution in [0.25, 0.3) is 0 Å². The lowest BCUT2D eigenvalue weighted by atomic mass is 10.2. The highest BCUT2D eigenvalue weighted by molar-refractivity contribution is 9.10. The van der Waals surface area contributed by atoms with Crippen molar-refractivity contribution in [2.24, 2.45) is 0 Å². The van der Waals surface area contributed by atoms with Gasteiger partial charge in [-0.3, -0.25) is 0 Å². The van der Waals surface area contributed by atoms with Gasteiger partial charge < -0.3 is 4.74 Å². The van der Waals surface area contributed by atoms with Crippen LogP contribution < -0.4 is 4.74 Å². The van der Waals surface area contributed by atoms with E-state index in [0.717, 1.165) is 0 Å². The van der Waals surface area contributed by atoms with Gasteiger partial charge in [0.1, 0.15) is 11.5 Å². The summed E-state index contributed by atoms with van der Waals surface area (Å²) in [6.45, 7) is 0. The number of ether oxygens (including phenoxy) is 1. The van der Waals surface area contributed by atoms with Gasteiger partial charge in [0.05, 0.1) is 21.0 Å². The fourth-order valence-corrected chi connectivity index (χ4v) is 2.86. The molecule has 0 aliphatic rings. The molecule has 0 bridgehead atoms. The molecule has 0 aliphatic carbocycles. The normalized spacial score (nSPS) is 10.8. The molecule has 0 radical (unpaired) electrons. The minimum absolute atomic E-state index is 0.0239. The third-order valence-corrected chi connectivity index (χ3v) is 4.35. The molecule has 0 amide bonds. The van der Waals surface area contributed by atoms with Crippen molar-refractivity contribution in [2.45, 2.75) is 4.90 Å². The fourth-order valence-electron chi connectivity index (χ4n) is 1.47. The third-order valence-electron chi connectivity index (χ3n) is 2.38. The average molecular weight is 373 g/mol. The van der Waals surface area contributed by atoms with E-state index in [1.807, 2.05) is 6.07 Å². The Morgan fingerprint density at radius 3 is 2.55 bits per heavy atom. The summed E-state index contributed by atoms with van der Waals surface area (Å²) in [6.07, 6.45) is 0. The number of nitriles is 1. The van der Waals surface area contributed by atoms with Crippen LogP contribution in [0.15, 0.2) is 51.8 Å². The van der Waals surface area contributed by atoms with E-state index in [1.54, 1.807) is 24.3 Å². The Morgan fingerprint density at radius 2 is 1.95 bits per heavy atom. The standard InChI is InChI=1S/C13H7BrClNO3S/c14-12-7-11(20(15,17)18)4-5-13(12)19-10-3-1-2-9(6-10)8-16/h1-7H. The SMILES string of the molecule is N#Cc1cccc(Oc2ccc(S(=O)(=O)Cl)cc2Br)c1. The lowest BCUT2D eigenvalue weighted by molar-refractivity contribution is 0.479. The van der Waals surface area contributed by atoms with Crippen molar-refractivity contribution in [2.75, 3.05) is 0 Å². The summed E-state index contributed by atoms with van der Waals surface area (Å²) in [7, 11) is 1.48. The molecule has 2 rings (SSSR count). The molecule has 20 heavy (non-hydrogen) atoms. The van der Waals surface area contributed by atoms with E-state index in [4.69, 9.17) is 20.7 Å². The molecule has 0 fully saturated rings. The summed E-state index contributed by atoms with van der Waals surface area (Å²) in [4.78, 5) is -0.0239. The Hall–Kier alpha value is -1.55. The van der Waals surface area contributed by atoms with Crippen LogP contribution in [0, 0.1) is 11.3 Å². The van der Waals surface area contributed by atoms with Crippen LogP contribution in [0.1, 0.15) is 5.56 Å². The Kier molecular flexibility index (Phi) is 4.33. The smallest absolute Gasteiger partial charge is 0.261 e. The number of halogens is 2. The van der Waals surface area contributed by atoms with Gasteiger partial charge in [0.25, 0.3) is 9.05 Å². The molecule has 0 unspecified atom stereocenters. The van der Waals surface area contributed by atoms with Gasteiger partial charge in [0, 0.05) is 10.7 Å². The van der Waals surface area contributed by atoms with Gasteiger partial charge in [0.15, 0.2) is 0 Å². The van der Waals surface area contributed by atoms with E-state index in [9.17, 15) is 8.42 Å². The van der Waals surface area contributed by atoms with E-state index in [0.29, 0.717) is 21.5 Å². The molecule has 0 spiro atoms. The lowest BCUT2D eigenvalue weighted by Crippen LogP contribution is -1.92. The van der Waals surface area contributed by atoms with Crippen molar-refractivity contribution < 1.29 is 13.2 Å². The van der Waals surface area contributed by atoms with Crippen molar-refractivity contribution in [3.63, 3.8) is 0 Å². The second-order valence-electron chi connectivity index (χ2n) is 3.77. The highest BCUT2D eigenvalue weighted by Crippen LogP contribution is 2.32. The minimum atomic E-state index is -3.78. The average Bonchev–Trinajstić information content (AvgIpc) is 2.40. The van der Waals surface area contributed by atoms with Gasteiger partial charge in [-0.25, -0.2) is 8.42 Å². The zero-order valence-electron chi connectivity index (χ0n) is 9.88. The van der Waals surface area contributed by atoms with Crippen LogP contribution in [-0.2, 0) is 9.05 Å². The molecule has 102 valence electrons. The summed E-state index contributed by atoms with van der Waals surface area (Å²) in [5, 5.41) is 8.81. The quantitative estimate of drug-likeness (QED) is 0.763. The summed E-state index contributed by atoms with van der Waals surface area (Å²) in [5.41, 5.74) is 0.471. The van der Waals surface area contributed by atoms with Gasteiger partial charge in [0.2, 0.25) is 0 Å². The first-order chi connectivity index (χ1) is 9.40. The molecule has 0 aromatic heterocycles. The van der Waals surface area contributed by atoms with Crippen LogP contribution in [0.2, 0.25) is 0 Å². The molecule has 0 saturated heterocycles. The van der Waals surface area contributed by atoms with Crippen molar-refractivity contribution in [3.8, 4) is 17.6 Å². The van der Waals surface area contributed by atoms with Crippen molar-refractivity contribution in [1.82, 2.24) is 0 Å². The Bertz CT molecular complexity index is 800. The topological polar surface area (TPSA) is 67.2 Å². The first-order valence-electron chi connectivity index (χ1n) is 5.32. The fraction of sp³-hybridized carbons (Fsp3) is 0. The van der Waals surface area contributed by atoms with Gasteiger partial charge in [-0.2, -0.15) is 5.26 Å². The van der Waals surface area contributed by atoms with Crippen LogP contribution in [0.5, 0.6) is 11.5 Å². The van der Waals surface area contributed by atoms with Gasteiger partial charge >= 0.3 is 0 Å². The summed E-state index contributed by atoms with van der Waals surface area (Å²) < 4.78 is 28.4. The Balaban J connectivity index is 2.33. The lowest BCUT2D eigenvalue weighted by Gasteiger charge is -2.08. The van der Waals surface area contributed by atoms with E-state index >= 15 is 0 Å². The number of rotatable bonds is 3. The molecular formula is C13H7BrClNO3S. The van der Waals surface area contributed by atoms with E-state index in [2.05, 4.69) is 15.9 Å². The molecule has 0 N–H and O–H groups in total. The molecule has 0 heterocycles. The molecule has 0 saturated carbocycles. The molecule has 0 atom stereocenters. The van der Waals surface area contributed by atoms with Gasteiger partial charge in [-0.15, -0.1) is 0 Å². The first kappa shape index (κ1) is 14.9. The number of hydrogen-bond acceptors (Lipinski definition) is 4. The number of benzene rings is 2. The van der Waals surface area contributed by atoms with Crippen LogP contribution in [-0.4, -0.2) is 8.42 Å². The largest absolute Gasteiger partial charge is 0.456 e. The van der Waals surface area contributed by atoms with Crippen molar-refractivity contribution >= 4 is 35.7 Å². The van der Waals surface area contributed by atoms with Gasteiger partial charge in [-0.05, 0) is 52.3 Å². The molecule has 7 heteroatoms. The minimum Gasteiger partial charge on any atom is -0.456 e. The second-order valence-corrected chi connectivity index (χ2v) is 7.19. The molecule has 2 aromatic rings. The van der Waals surface area contributed by atoms with Crippen LogP contribution in [0.3, 0.4) is 0 Å². The van der Waals surface area contributed by atoms with Crippen molar-refractivity contribution in [3.05, 3.63) is 52.5 Å². The summed E-state index contributed by atoms with van der Waals surface area (Å²) >= 11 is 3.22. The molecule has 2 aromatic carbocycles. The zero-order chi connectivity index (χ0) is 14.8. The molecule has 0 aliphatic heterocycles. The number of hydrogen-bond donors (Lipinski definition) is 0. The van der Waals surface area contributed by atoms with Gasteiger partial charge in [-0.1, -0.05) is 6.07 Å². The first-order valence-corrected chi connectivity index (χ1v) is 8.42. The summed E-state index contributed by atoms with van der Waals surface area (Å²) in [6, 6.07) is 12.8. The molecular weight excluding hydrogens is 366 g/mol. The number of nitrogens with zero attached hydrogens (tertiary/aromatic N) is 1. The molecule has 4 nitrogen and oxygen atoms in total. The van der Waals surface area contributed by atoms with E-state index in [1.165, 1.54) is 18.2 Å². The van der Waals surface area contributed by atoms with Crippen molar-refractivity contribution in [1.29, 1.82) is 5.26 Å². The highest BCUT2D eigenvalue weighted by atomic mass is 79.9. The zero-order valence-corrected chi connectivity index (χ0v) is 13.0. The Labute approximate surface area is 129 Å².